The maximum absolute atomic E-state index is 13.8. The number of unbranched alkanes of at least 4 members (excludes halogenated alkanes) is 1. The quantitative estimate of drug-likeness (QED) is 0.305. The van der Waals surface area contributed by atoms with Gasteiger partial charge < -0.3 is 25.2 Å². The van der Waals surface area contributed by atoms with Crippen LogP contribution >= 0.6 is 24.0 Å². The number of nitrogens with one attached hydrogen (secondary N) is 1. The fraction of sp³-hybridized carbons (Fsp3) is 0.545. The predicted molar refractivity (Wildman–Crippen MR) is 171 cm³/mol. The Bertz CT molecular complexity index is 1310. The zero-order chi connectivity index (χ0) is 30.6. The minimum Gasteiger partial charge on any atom is -0.478 e. The van der Waals surface area contributed by atoms with Gasteiger partial charge in [0.2, 0.25) is 11.8 Å². The van der Waals surface area contributed by atoms with Crippen molar-refractivity contribution >= 4 is 41.8 Å². The van der Waals surface area contributed by atoms with Crippen LogP contribution in [0.2, 0.25) is 5.02 Å². The molecule has 2 aromatic rings. The summed E-state index contributed by atoms with van der Waals surface area (Å²) >= 11 is 6.20. The summed E-state index contributed by atoms with van der Waals surface area (Å²) in [6, 6.07) is 11.1. The van der Waals surface area contributed by atoms with Gasteiger partial charge in [0.1, 0.15) is 23.1 Å². The van der Waals surface area contributed by atoms with Gasteiger partial charge in [0.05, 0.1) is 16.7 Å². The molecule has 2 aromatic carbocycles. The number of hydrogen-bond donors (Lipinski definition) is 3. The number of carboxylic acid groups (broad SMARTS) is 1. The van der Waals surface area contributed by atoms with Crippen molar-refractivity contribution < 1.29 is 29.3 Å². The molecule has 3 N–H and O–H groups in total. The van der Waals surface area contributed by atoms with Gasteiger partial charge in [-0.15, -0.1) is 12.4 Å². The Balaban J connectivity index is 0.00000442. The van der Waals surface area contributed by atoms with Gasteiger partial charge in [0.15, 0.2) is 0 Å². The van der Waals surface area contributed by atoms with Crippen LogP contribution in [0.4, 0.5) is 0 Å². The summed E-state index contributed by atoms with van der Waals surface area (Å²) in [6.07, 6.45) is 7.07. The molecule has 240 valence electrons. The van der Waals surface area contributed by atoms with E-state index < -0.39 is 23.7 Å². The molecule has 9 nitrogen and oxygen atoms in total. The van der Waals surface area contributed by atoms with E-state index in [9.17, 15) is 19.5 Å². The number of aliphatic hydroxyl groups excluding tert-OH is 1. The third kappa shape index (κ3) is 7.33. The first-order valence-corrected chi connectivity index (χ1v) is 15.9. The number of benzene rings is 2. The summed E-state index contributed by atoms with van der Waals surface area (Å²) in [4.78, 5) is 42.8. The zero-order valence-electron chi connectivity index (χ0n) is 25.2. The number of nitrogens with zero attached hydrogens (tertiary/aromatic N) is 2. The molecule has 5 rings (SSSR count). The summed E-state index contributed by atoms with van der Waals surface area (Å²) < 4.78 is 5.86. The number of amides is 2. The molecule has 0 bridgehead atoms. The lowest BCUT2D eigenvalue weighted by atomic mass is 9.78. The molecule has 3 aliphatic rings. The van der Waals surface area contributed by atoms with Gasteiger partial charge in [-0.1, -0.05) is 56.3 Å². The number of carbonyl (C=O) groups excluding carboxylic acids is 2. The second kappa shape index (κ2) is 15.0. The van der Waals surface area contributed by atoms with Crippen molar-refractivity contribution in [3.8, 4) is 11.5 Å². The van der Waals surface area contributed by atoms with E-state index in [1.54, 1.807) is 0 Å². The van der Waals surface area contributed by atoms with Gasteiger partial charge in [0, 0.05) is 26.2 Å². The van der Waals surface area contributed by atoms with E-state index in [1.807, 2.05) is 29.2 Å². The molecule has 2 aliphatic heterocycles. The number of halogens is 2. The largest absolute Gasteiger partial charge is 0.478 e. The normalized spacial score (nSPS) is 21.4. The Morgan fingerprint density at radius 3 is 2.39 bits per heavy atom. The second-order valence-corrected chi connectivity index (χ2v) is 12.6. The monoisotopic (exact) mass is 647 g/mol. The summed E-state index contributed by atoms with van der Waals surface area (Å²) in [5.74, 6) is -0.295. The highest BCUT2D eigenvalue weighted by Crippen LogP contribution is 2.37. The number of aliphatic hydroxyl groups is 1. The lowest BCUT2D eigenvalue weighted by Crippen LogP contribution is -2.75. The van der Waals surface area contributed by atoms with E-state index in [0.29, 0.717) is 50.5 Å². The molecule has 2 heterocycles. The van der Waals surface area contributed by atoms with Gasteiger partial charge in [0.25, 0.3) is 0 Å². The molecule has 1 spiro atoms. The molecule has 2 saturated heterocycles. The van der Waals surface area contributed by atoms with Crippen LogP contribution in [0.1, 0.15) is 80.6 Å². The van der Waals surface area contributed by atoms with E-state index in [1.165, 1.54) is 18.2 Å². The van der Waals surface area contributed by atoms with Crippen molar-refractivity contribution in [2.24, 2.45) is 5.92 Å². The minimum absolute atomic E-state index is 0. The number of piperazine rings is 1. The maximum atomic E-state index is 13.8. The van der Waals surface area contributed by atoms with Crippen LogP contribution in [0.3, 0.4) is 0 Å². The molecule has 2 atom stereocenters. The third-order valence-electron chi connectivity index (χ3n) is 9.39. The van der Waals surface area contributed by atoms with Crippen LogP contribution in [-0.4, -0.2) is 75.1 Å². The molecule has 3 fully saturated rings. The molecule has 44 heavy (non-hydrogen) atoms. The van der Waals surface area contributed by atoms with Crippen molar-refractivity contribution in [2.45, 2.75) is 88.9 Å². The summed E-state index contributed by atoms with van der Waals surface area (Å²) in [7, 11) is 0. The number of carbonyl (C=O) groups is 3. The lowest BCUT2D eigenvalue weighted by molar-refractivity contribution is -0.166. The van der Waals surface area contributed by atoms with Gasteiger partial charge in [-0.05, 0) is 73.9 Å². The summed E-state index contributed by atoms with van der Waals surface area (Å²) in [5, 5.41) is 23.5. The predicted octanol–water partition coefficient (Wildman–Crippen LogP) is 5.66. The van der Waals surface area contributed by atoms with E-state index in [-0.39, 0.29) is 40.7 Å². The fourth-order valence-electron chi connectivity index (χ4n) is 6.80. The smallest absolute Gasteiger partial charge is 0.335 e. The van der Waals surface area contributed by atoms with E-state index in [2.05, 4.69) is 17.1 Å². The Morgan fingerprint density at radius 1 is 1.09 bits per heavy atom. The highest BCUT2D eigenvalue weighted by atomic mass is 35.5. The Hall–Kier alpha value is -2.85. The highest BCUT2D eigenvalue weighted by Gasteiger charge is 2.55. The van der Waals surface area contributed by atoms with Crippen LogP contribution in [0.5, 0.6) is 11.5 Å². The van der Waals surface area contributed by atoms with Gasteiger partial charge in [-0.25, -0.2) is 4.79 Å². The van der Waals surface area contributed by atoms with Crippen molar-refractivity contribution in [3.05, 3.63) is 58.6 Å². The number of likely N-dealkylation sites (tertiary alicyclic amines) is 1. The second-order valence-electron chi connectivity index (χ2n) is 12.2. The first-order chi connectivity index (χ1) is 20.7. The molecule has 2 amide bonds. The van der Waals surface area contributed by atoms with Crippen LogP contribution < -0.4 is 10.1 Å². The van der Waals surface area contributed by atoms with Crippen LogP contribution in [0, 0.1) is 5.92 Å². The molecule has 1 aliphatic carbocycles. The first kappa shape index (κ1) is 34.0. The van der Waals surface area contributed by atoms with Crippen LogP contribution in [-0.2, 0) is 16.1 Å². The number of aromatic carboxylic acids is 1. The molecule has 11 heteroatoms. The van der Waals surface area contributed by atoms with Gasteiger partial charge in [-0.2, -0.15) is 0 Å². The molecule has 1 unspecified atom stereocenters. The average Bonchev–Trinajstić information content (AvgIpc) is 3.02. The van der Waals surface area contributed by atoms with E-state index in [0.717, 1.165) is 50.5 Å². The standard InChI is InChI=1S/C33H42ClN3O6.ClH/c1-2-3-17-37-30(39)28(29(38)23-7-5-4-6-8-23)35-32(42)33(37)15-18-36(19-16-33)21-22-9-12-25(13-10-22)43-27-14-11-24(31(40)41)20-26(27)34;/h9-14,20,23,28-29,38H,2-8,15-19,21H2,1H3,(H,35,42)(H,40,41);1H/t28-,29?;/m1./s1. The van der Waals surface area contributed by atoms with E-state index >= 15 is 0 Å². The number of ether oxygens (including phenoxy) is 1. The third-order valence-corrected chi connectivity index (χ3v) is 9.68. The number of piperidine rings is 1. The molecule has 0 radical (unpaired) electrons. The Morgan fingerprint density at radius 2 is 1.77 bits per heavy atom. The van der Waals surface area contributed by atoms with Crippen LogP contribution in [0.25, 0.3) is 0 Å². The summed E-state index contributed by atoms with van der Waals surface area (Å²) in [6.45, 7) is 4.64. The molecular formula is C33H43Cl2N3O6. The minimum atomic E-state index is -1.05. The number of carboxylic acids is 1. The number of hydrogen-bond acceptors (Lipinski definition) is 6. The molecular weight excluding hydrogens is 605 g/mol. The van der Waals surface area contributed by atoms with Crippen molar-refractivity contribution in [3.63, 3.8) is 0 Å². The molecule has 0 aromatic heterocycles. The van der Waals surface area contributed by atoms with Gasteiger partial charge >= 0.3 is 5.97 Å². The topological polar surface area (TPSA) is 119 Å². The number of rotatable bonds is 10. The SMILES string of the molecule is CCCCN1C(=O)[C@@H](C(O)C2CCCCC2)NC(=O)C12CCN(Cc1ccc(Oc3ccc(C(=O)O)cc3Cl)cc1)CC2.Cl. The van der Waals surface area contributed by atoms with Crippen molar-refractivity contribution in [1.29, 1.82) is 0 Å². The fourth-order valence-corrected chi connectivity index (χ4v) is 7.02. The van der Waals surface area contributed by atoms with Gasteiger partial charge in [-0.3, -0.25) is 14.5 Å². The molecule has 1 saturated carbocycles. The maximum Gasteiger partial charge on any atom is 0.335 e. The van der Waals surface area contributed by atoms with Crippen molar-refractivity contribution in [1.82, 2.24) is 15.1 Å². The van der Waals surface area contributed by atoms with Crippen molar-refractivity contribution in [2.75, 3.05) is 19.6 Å². The Kier molecular flexibility index (Phi) is 11.6. The highest BCUT2D eigenvalue weighted by molar-refractivity contribution is 6.32. The summed E-state index contributed by atoms with van der Waals surface area (Å²) in [5.41, 5.74) is 0.299. The van der Waals surface area contributed by atoms with Crippen LogP contribution in [0.15, 0.2) is 42.5 Å². The average molecular weight is 649 g/mol. The lowest BCUT2D eigenvalue weighted by Gasteiger charge is -2.52. The zero-order valence-corrected chi connectivity index (χ0v) is 26.7. The van der Waals surface area contributed by atoms with E-state index in [4.69, 9.17) is 21.4 Å². The Labute approximate surface area is 270 Å². The first-order valence-electron chi connectivity index (χ1n) is 15.5.